The molecule has 1 aliphatic heterocycles. The zero-order valence-electron chi connectivity index (χ0n) is 15.4. The summed E-state index contributed by atoms with van der Waals surface area (Å²) in [6.07, 6.45) is 2.00. The first-order valence-electron chi connectivity index (χ1n) is 8.67. The summed E-state index contributed by atoms with van der Waals surface area (Å²) < 4.78 is 11.1. The van der Waals surface area contributed by atoms with Crippen molar-refractivity contribution in [1.29, 1.82) is 0 Å². The lowest BCUT2D eigenvalue weighted by Crippen LogP contribution is -2.82. The first-order chi connectivity index (χ1) is 11.3. The fraction of sp³-hybridized carbons (Fsp3) is 0.632. The molecule has 0 bridgehead atoms. The van der Waals surface area contributed by atoms with Gasteiger partial charge in [0.1, 0.15) is 11.3 Å². The Kier molecular flexibility index (Phi) is 5.71. The number of rotatable bonds is 4. The molecule has 4 unspecified atom stereocenters. The van der Waals surface area contributed by atoms with Crippen molar-refractivity contribution in [2.45, 2.75) is 51.3 Å². The van der Waals surface area contributed by atoms with Crippen LogP contribution in [0.15, 0.2) is 24.3 Å². The van der Waals surface area contributed by atoms with Gasteiger partial charge in [0, 0.05) is 17.9 Å². The van der Waals surface area contributed by atoms with Crippen LogP contribution in [0.1, 0.15) is 45.2 Å². The normalized spacial score (nSPS) is 30.9. The molecule has 3 N–H and O–H groups in total. The SMILES string of the molecule is COc1ccc(C(C)NC(=O)C2(N)C3CCCOC3C2(C)C)cc1.Cl. The molecule has 1 heterocycles. The maximum absolute atomic E-state index is 13.0. The van der Waals surface area contributed by atoms with E-state index in [1.807, 2.05) is 45.0 Å². The topological polar surface area (TPSA) is 73.6 Å². The third-order valence-electron chi connectivity index (χ3n) is 6.02. The second kappa shape index (κ2) is 7.14. The van der Waals surface area contributed by atoms with Crippen molar-refractivity contribution in [3.8, 4) is 5.75 Å². The molecule has 1 aliphatic carbocycles. The lowest BCUT2D eigenvalue weighted by Gasteiger charge is -2.65. The molecule has 25 heavy (non-hydrogen) atoms. The van der Waals surface area contributed by atoms with Gasteiger partial charge in [-0.2, -0.15) is 0 Å². The standard InChI is InChI=1S/C19H28N2O3.ClH/c1-12(13-7-9-14(23-4)10-8-13)21-17(22)19(20)15-6-5-11-24-16(15)18(19,2)3;/h7-10,12,15-16H,5-6,11,20H2,1-4H3,(H,21,22);1H. The van der Waals surface area contributed by atoms with Crippen LogP contribution >= 0.6 is 12.4 Å². The van der Waals surface area contributed by atoms with E-state index in [-0.39, 0.29) is 41.8 Å². The van der Waals surface area contributed by atoms with Gasteiger partial charge in [0.2, 0.25) is 5.91 Å². The van der Waals surface area contributed by atoms with E-state index >= 15 is 0 Å². The Morgan fingerprint density at radius 2 is 2.00 bits per heavy atom. The lowest BCUT2D eigenvalue weighted by molar-refractivity contribution is -0.225. The zero-order valence-corrected chi connectivity index (χ0v) is 16.2. The molecule has 140 valence electrons. The summed E-state index contributed by atoms with van der Waals surface area (Å²) in [6, 6.07) is 7.61. The number of ether oxygens (including phenoxy) is 2. The molecule has 1 aromatic carbocycles. The van der Waals surface area contributed by atoms with E-state index in [0.29, 0.717) is 0 Å². The largest absolute Gasteiger partial charge is 0.497 e. The van der Waals surface area contributed by atoms with Crippen LogP contribution in [0.5, 0.6) is 5.75 Å². The van der Waals surface area contributed by atoms with Crippen molar-refractivity contribution in [1.82, 2.24) is 5.32 Å². The fourth-order valence-corrected chi connectivity index (χ4v) is 4.33. The van der Waals surface area contributed by atoms with E-state index in [1.54, 1.807) is 7.11 Å². The summed E-state index contributed by atoms with van der Waals surface area (Å²) in [5.41, 5.74) is 6.43. The molecule has 3 rings (SSSR count). The number of benzene rings is 1. The van der Waals surface area contributed by atoms with E-state index in [1.165, 1.54) is 0 Å². The molecule has 2 fully saturated rings. The molecule has 1 saturated heterocycles. The Morgan fingerprint density at radius 3 is 2.60 bits per heavy atom. The number of nitrogens with one attached hydrogen (secondary N) is 1. The monoisotopic (exact) mass is 368 g/mol. The Hall–Kier alpha value is -1.30. The number of nitrogens with two attached hydrogens (primary N) is 1. The molecule has 1 amide bonds. The Labute approximate surface area is 156 Å². The van der Waals surface area contributed by atoms with Crippen LogP contribution in [0, 0.1) is 11.3 Å². The minimum atomic E-state index is -0.876. The highest BCUT2D eigenvalue weighted by molar-refractivity contribution is 5.89. The molecule has 0 spiro atoms. The van der Waals surface area contributed by atoms with Crippen molar-refractivity contribution in [3.05, 3.63) is 29.8 Å². The number of halogens is 1. The summed E-state index contributed by atoms with van der Waals surface area (Å²) in [6.45, 7) is 6.82. The number of hydrogen-bond acceptors (Lipinski definition) is 4. The van der Waals surface area contributed by atoms with Gasteiger partial charge in [-0.05, 0) is 37.5 Å². The summed E-state index contributed by atoms with van der Waals surface area (Å²) >= 11 is 0. The fourth-order valence-electron chi connectivity index (χ4n) is 4.33. The van der Waals surface area contributed by atoms with Crippen LogP contribution in [0.3, 0.4) is 0 Å². The summed E-state index contributed by atoms with van der Waals surface area (Å²) in [7, 11) is 1.64. The molecule has 0 aromatic heterocycles. The minimum Gasteiger partial charge on any atom is -0.497 e. The maximum Gasteiger partial charge on any atom is 0.241 e. The molecule has 6 heteroatoms. The lowest BCUT2D eigenvalue weighted by atomic mass is 9.46. The number of carbonyl (C=O) groups is 1. The first kappa shape index (κ1) is 20.0. The molecular weight excluding hydrogens is 340 g/mol. The van der Waals surface area contributed by atoms with Crippen LogP contribution in [-0.2, 0) is 9.53 Å². The second-order valence-electron chi connectivity index (χ2n) is 7.60. The van der Waals surface area contributed by atoms with Crippen LogP contribution in [0.25, 0.3) is 0 Å². The number of amides is 1. The van der Waals surface area contributed by atoms with Gasteiger partial charge in [-0.3, -0.25) is 4.79 Å². The van der Waals surface area contributed by atoms with E-state index < -0.39 is 5.54 Å². The predicted molar refractivity (Wildman–Crippen MR) is 100.0 cm³/mol. The highest BCUT2D eigenvalue weighted by Gasteiger charge is 2.70. The third-order valence-corrected chi connectivity index (χ3v) is 6.02. The smallest absolute Gasteiger partial charge is 0.241 e. The van der Waals surface area contributed by atoms with E-state index in [0.717, 1.165) is 30.8 Å². The zero-order chi connectivity index (χ0) is 17.5. The van der Waals surface area contributed by atoms with Gasteiger partial charge in [0.15, 0.2) is 0 Å². The van der Waals surface area contributed by atoms with Gasteiger partial charge in [0.25, 0.3) is 0 Å². The predicted octanol–water partition coefficient (Wildman–Crippen LogP) is 2.83. The van der Waals surface area contributed by atoms with Crippen molar-refractivity contribution in [2.24, 2.45) is 17.1 Å². The van der Waals surface area contributed by atoms with Crippen LogP contribution in [0.4, 0.5) is 0 Å². The summed E-state index contributed by atoms with van der Waals surface area (Å²) in [4.78, 5) is 13.0. The van der Waals surface area contributed by atoms with Crippen LogP contribution < -0.4 is 15.8 Å². The van der Waals surface area contributed by atoms with Gasteiger partial charge in [-0.25, -0.2) is 0 Å². The molecule has 2 aliphatic rings. The van der Waals surface area contributed by atoms with Crippen molar-refractivity contribution in [2.75, 3.05) is 13.7 Å². The number of hydrogen-bond donors (Lipinski definition) is 2. The first-order valence-corrected chi connectivity index (χ1v) is 8.67. The molecule has 0 radical (unpaired) electrons. The minimum absolute atomic E-state index is 0. The molecular formula is C19H29ClN2O3. The van der Waals surface area contributed by atoms with Gasteiger partial charge >= 0.3 is 0 Å². The Morgan fingerprint density at radius 1 is 1.36 bits per heavy atom. The van der Waals surface area contributed by atoms with Crippen molar-refractivity contribution < 1.29 is 14.3 Å². The summed E-state index contributed by atoms with van der Waals surface area (Å²) in [5, 5.41) is 3.10. The Balaban J connectivity index is 0.00000225. The summed E-state index contributed by atoms with van der Waals surface area (Å²) in [5.74, 6) is 0.821. The van der Waals surface area contributed by atoms with Crippen LogP contribution in [-0.4, -0.2) is 31.3 Å². The van der Waals surface area contributed by atoms with Gasteiger partial charge in [-0.1, -0.05) is 26.0 Å². The average molecular weight is 369 g/mol. The van der Waals surface area contributed by atoms with E-state index in [4.69, 9.17) is 15.2 Å². The highest BCUT2D eigenvalue weighted by Crippen LogP contribution is 2.57. The van der Waals surface area contributed by atoms with Gasteiger partial charge in [-0.15, -0.1) is 12.4 Å². The maximum atomic E-state index is 13.0. The molecule has 5 nitrogen and oxygen atoms in total. The van der Waals surface area contributed by atoms with Crippen LogP contribution in [0.2, 0.25) is 0 Å². The third kappa shape index (κ3) is 3.03. The molecule has 1 saturated carbocycles. The highest BCUT2D eigenvalue weighted by atomic mass is 35.5. The van der Waals surface area contributed by atoms with Gasteiger partial charge < -0.3 is 20.5 Å². The number of methoxy groups -OCH3 is 1. The second-order valence-corrected chi connectivity index (χ2v) is 7.60. The quantitative estimate of drug-likeness (QED) is 0.857. The van der Waals surface area contributed by atoms with Gasteiger partial charge in [0.05, 0.1) is 19.3 Å². The van der Waals surface area contributed by atoms with E-state index in [2.05, 4.69) is 5.32 Å². The Bertz CT molecular complexity index is 620. The van der Waals surface area contributed by atoms with Crippen molar-refractivity contribution >= 4 is 18.3 Å². The number of carbonyl (C=O) groups excluding carboxylic acids is 1. The van der Waals surface area contributed by atoms with Crippen molar-refractivity contribution in [3.63, 3.8) is 0 Å². The van der Waals surface area contributed by atoms with E-state index in [9.17, 15) is 4.79 Å². The molecule has 1 aromatic rings. The number of fused-ring (bicyclic) bond motifs is 1. The molecule has 4 atom stereocenters. The average Bonchev–Trinajstić information content (AvgIpc) is 2.60.